The first-order valence-corrected chi connectivity index (χ1v) is 11.2. The van der Waals surface area contributed by atoms with Crippen molar-refractivity contribution in [3.63, 3.8) is 0 Å². The minimum Gasteiger partial charge on any atom is -0.492 e. The highest BCUT2D eigenvalue weighted by Gasteiger charge is 2.22. The Hall–Kier alpha value is -2.06. The second-order valence-corrected chi connectivity index (χ2v) is 7.94. The molecule has 0 saturated heterocycles. The zero-order valence-electron chi connectivity index (χ0n) is 18.1. The summed E-state index contributed by atoms with van der Waals surface area (Å²) in [6.07, 6.45) is 3.10. The second-order valence-electron chi connectivity index (χ2n) is 7.00. The molecule has 0 radical (unpaired) electrons. The van der Waals surface area contributed by atoms with Crippen molar-refractivity contribution in [3.05, 3.63) is 30.1 Å². The number of hydrogen-bond acceptors (Lipinski definition) is 6. The number of ether oxygens (including phenoxy) is 1. The van der Waals surface area contributed by atoms with Gasteiger partial charge in [-0.2, -0.15) is 0 Å². The molecular formula is C21H33N5O2S. The fourth-order valence-corrected chi connectivity index (χ4v) is 3.90. The summed E-state index contributed by atoms with van der Waals surface area (Å²) in [7, 11) is 4.12. The number of thioether (sulfide) groups is 1. The van der Waals surface area contributed by atoms with Crippen LogP contribution in [0.15, 0.2) is 29.4 Å². The summed E-state index contributed by atoms with van der Waals surface area (Å²) in [5.74, 6) is 1.83. The summed E-state index contributed by atoms with van der Waals surface area (Å²) in [6, 6.07) is 7.68. The number of unbranched alkanes of at least 4 members (excludes halogenated alkanes) is 1. The number of rotatable bonds is 12. The highest BCUT2D eigenvalue weighted by atomic mass is 32.2. The molecule has 0 bridgehead atoms. The van der Waals surface area contributed by atoms with Crippen molar-refractivity contribution >= 4 is 23.4 Å². The Kier molecular flexibility index (Phi) is 9.47. The van der Waals surface area contributed by atoms with Crippen LogP contribution in [0.1, 0.15) is 51.9 Å². The standard InChI is InChI=1S/C21H33N5O2S/c1-6-9-14-26-20(17(7-2)25(4)5)23-24-21(26)29-15-19(27)22-16-12-10-11-13-18(16)28-8-3/h10-13,17H,6-9,14-15H2,1-5H3,(H,22,27)/t17-/m1/s1. The quantitative estimate of drug-likeness (QED) is 0.519. The van der Waals surface area contributed by atoms with Gasteiger partial charge in [0.25, 0.3) is 0 Å². The van der Waals surface area contributed by atoms with E-state index in [0.29, 0.717) is 18.0 Å². The summed E-state index contributed by atoms with van der Waals surface area (Å²) < 4.78 is 7.75. The monoisotopic (exact) mass is 419 g/mol. The van der Waals surface area contributed by atoms with Gasteiger partial charge in [0, 0.05) is 6.54 Å². The van der Waals surface area contributed by atoms with Crippen molar-refractivity contribution in [2.24, 2.45) is 0 Å². The van der Waals surface area contributed by atoms with Crippen LogP contribution >= 0.6 is 11.8 Å². The SMILES string of the molecule is CCCCn1c(SCC(=O)Nc2ccccc2OCC)nnc1[C@@H](CC)N(C)C. The highest BCUT2D eigenvalue weighted by molar-refractivity contribution is 7.99. The largest absolute Gasteiger partial charge is 0.492 e. The number of amides is 1. The van der Waals surface area contributed by atoms with Crippen LogP contribution in [0.25, 0.3) is 0 Å². The number of nitrogens with one attached hydrogen (secondary N) is 1. The average molecular weight is 420 g/mol. The second kappa shape index (κ2) is 11.8. The molecule has 7 nitrogen and oxygen atoms in total. The van der Waals surface area contributed by atoms with Gasteiger partial charge in [-0.15, -0.1) is 10.2 Å². The molecule has 0 fully saturated rings. The number of carbonyl (C=O) groups excluding carboxylic acids is 1. The normalized spacial score (nSPS) is 12.2. The molecule has 2 aromatic rings. The van der Waals surface area contributed by atoms with Crippen molar-refractivity contribution in [2.75, 3.05) is 31.8 Å². The predicted octanol–water partition coefficient (Wildman–Crippen LogP) is 4.22. The lowest BCUT2D eigenvalue weighted by Crippen LogP contribution is -2.23. The maximum Gasteiger partial charge on any atom is 0.234 e. The number of benzene rings is 1. The number of anilines is 1. The van der Waals surface area contributed by atoms with E-state index in [-0.39, 0.29) is 17.7 Å². The van der Waals surface area contributed by atoms with Crippen LogP contribution in [-0.4, -0.2) is 52.0 Å². The molecule has 160 valence electrons. The summed E-state index contributed by atoms with van der Waals surface area (Å²) in [5.41, 5.74) is 0.687. The van der Waals surface area contributed by atoms with Gasteiger partial charge in [0.15, 0.2) is 11.0 Å². The Labute approximate surface area is 178 Å². The van der Waals surface area contributed by atoms with E-state index in [1.165, 1.54) is 11.8 Å². The van der Waals surface area contributed by atoms with E-state index in [1.54, 1.807) is 0 Å². The molecule has 0 unspecified atom stereocenters. The third-order valence-electron chi connectivity index (χ3n) is 4.58. The molecule has 1 heterocycles. The van der Waals surface area contributed by atoms with E-state index in [9.17, 15) is 4.79 Å². The van der Waals surface area contributed by atoms with E-state index in [0.717, 1.165) is 36.8 Å². The Morgan fingerprint density at radius 2 is 2.00 bits per heavy atom. The maximum absolute atomic E-state index is 12.5. The number of hydrogen-bond donors (Lipinski definition) is 1. The Balaban J connectivity index is 2.09. The van der Waals surface area contributed by atoms with Gasteiger partial charge in [-0.05, 0) is 46.0 Å². The molecule has 1 amide bonds. The summed E-state index contributed by atoms with van der Waals surface area (Å²) >= 11 is 1.42. The van der Waals surface area contributed by atoms with Crippen LogP contribution in [0.5, 0.6) is 5.75 Å². The van der Waals surface area contributed by atoms with Crippen LogP contribution in [0.4, 0.5) is 5.69 Å². The smallest absolute Gasteiger partial charge is 0.234 e. The molecule has 0 saturated carbocycles. The number of para-hydroxylation sites is 2. The molecule has 1 aromatic heterocycles. The van der Waals surface area contributed by atoms with Gasteiger partial charge in [0.05, 0.1) is 24.1 Å². The molecule has 0 aliphatic carbocycles. The van der Waals surface area contributed by atoms with Gasteiger partial charge in [-0.1, -0.05) is 44.2 Å². The van der Waals surface area contributed by atoms with E-state index in [2.05, 4.69) is 52.9 Å². The lowest BCUT2D eigenvalue weighted by Gasteiger charge is -2.23. The van der Waals surface area contributed by atoms with Crippen molar-refractivity contribution in [2.45, 2.75) is 57.8 Å². The predicted molar refractivity (Wildman–Crippen MR) is 119 cm³/mol. The van der Waals surface area contributed by atoms with Crippen LogP contribution in [-0.2, 0) is 11.3 Å². The van der Waals surface area contributed by atoms with Gasteiger partial charge in [-0.25, -0.2) is 0 Å². The molecule has 0 aliphatic rings. The first kappa shape index (κ1) is 23.2. The zero-order chi connectivity index (χ0) is 21.2. The van der Waals surface area contributed by atoms with Crippen molar-refractivity contribution in [1.82, 2.24) is 19.7 Å². The molecule has 1 aromatic carbocycles. The lowest BCUT2D eigenvalue weighted by atomic mass is 10.2. The third-order valence-corrected chi connectivity index (χ3v) is 5.55. The maximum atomic E-state index is 12.5. The lowest BCUT2D eigenvalue weighted by molar-refractivity contribution is -0.113. The van der Waals surface area contributed by atoms with Crippen LogP contribution in [0, 0.1) is 0 Å². The van der Waals surface area contributed by atoms with Crippen molar-refractivity contribution in [1.29, 1.82) is 0 Å². The number of nitrogens with zero attached hydrogens (tertiary/aromatic N) is 4. The molecule has 8 heteroatoms. The number of carbonyl (C=O) groups is 1. The van der Waals surface area contributed by atoms with Gasteiger partial charge in [-0.3, -0.25) is 9.69 Å². The summed E-state index contributed by atoms with van der Waals surface area (Å²) in [4.78, 5) is 14.7. The van der Waals surface area contributed by atoms with Crippen LogP contribution in [0.3, 0.4) is 0 Å². The van der Waals surface area contributed by atoms with Gasteiger partial charge >= 0.3 is 0 Å². The first-order chi connectivity index (χ1) is 14.0. The third kappa shape index (κ3) is 6.47. The molecular weight excluding hydrogens is 386 g/mol. The Morgan fingerprint density at radius 1 is 1.24 bits per heavy atom. The van der Waals surface area contributed by atoms with Gasteiger partial charge in [0.1, 0.15) is 5.75 Å². The minimum atomic E-state index is -0.0894. The Bertz CT molecular complexity index is 778. The average Bonchev–Trinajstić information content (AvgIpc) is 3.09. The highest BCUT2D eigenvalue weighted by Crippen LogP contribution is 2.27. The molecule has 0 aliphatic heterocycles. The molecule has 2 rings (SSSR count). The van der Waals surface area contributed by atoms with Crippen LogP contribution in [0.2, 0.25) is 0 Å². The van der Waals surface area contributed by atoms with Crippen molar-refractivity contribution < 1.29 is 9.53 Å². The van der Waals surface area contributed by atoms with Crippen LogP contribution < -0.4 is 10.1 Å². The zero-order valence-corrected chi connectivity index (χ0v) is 19.0. The summed E-state index contributed by atoms with van der Waals surface area (Å²) in [6.45, 7) is 7.66. The molecule has 29 heavy (non-hydrogen) atoms. The molecule has 0 spiro atoms. The van der Waals surface area contributed by atoms with E-state index in [1.807, 2.05) is 31.2 Å². The number of aromatic nitrogens is 3. The summed E-state index contributed by atoms with van der Waals surface area (Å²) in [5, 5.41) is 12.6. The van der Waals surface area contributed by atoms with E-state index >= 15 is 0 Å². The first-order valence-electron chi connectivity index (χ1n) is 10.3. The van der Waals surface area contributed by atoms with Gasteiger partial charge in [0.2, 0.25) is 5.91 Å². The molecule has 1 atom stereocenters. The van der Waals surface area contributed by atoms with E-state index in [4.69, 9.17) is 4.74 Å². The fraction of sp³-hybridized carbons (Fsp3) is 0.571. The van der Waals surface area contributed by atoms with E-state index < -0.39 is 0 Å². The fourth-order valence-electron chi connectivity index (χ4n) is 3.13. The van der Waals surface area contributed by atoms with Gasteiger partial charge < -0.3 is 14.6 Å². The minimum absolute atomic E-state index is 0.0894. The topological polar surface area (TPSA) is 72.3 Å². The van der Waals surface area contributed by atoms with Crippen molar-refractivity contribution in [3.8, 4) is 5.75 Å². The Morgan fingerprint density at radius 3 is 2.66 bits per heavy atom. The molecule has 1 N–H and O–H groups in total.